The molecule has 0 spiro atoms. The molecular weight excluding hydrogens is 319 g/mol. The fourth-order valence-corrected chi connectivity index (χ4v) is 2.36. The smallest absolute Gasteiger partial charge is 0.129 e. The number of aromatic nitrogens is 1. The minimum Gasteiger partial charge on any atom is -0.309 e. The summed E-state index contributed by atoms with van der Waals surface area (Å²) in [6.07, 6.45) is 3.40. The Hall–Kier alpha value is -0.970. The summed E-state index contributed by atoms with van der Waals surface area (Å²) < 4.78 is 14.8. The average molecular weight is 330 g/mol. The maximum absolute atomic E-state index is 13.9. The Morgan fingerprint density at radius 3 is 2.72 bits per heavy atom. The first kappa shape index (κ1) is 13.5. The second kappa shape index (κ2) is 5.78. The lowest BCUT2D eigenvalue weighted by Gasteiger charge is -2.17. The number of nitrogens with zero attached hydrogens (tertiary/aromatic N) is 1. The summed E-state index contributed by atoms with van der Waals surface area (Å²) in [7, 11) is 1.78. The van der Waals surface area contributed by atoms with Gasteiger partial charge in [-0.05, 0) is 46.7 Å². The van der Waals surface area contributed by atoms with Crippen molar-refractivity contribution in [1.29, 1.82) is 0 Å². The van der Waals surface area contributed by atoms with Crippen LogP contribution in [0.1, 0.15) is 17.2 Å². The molecular formula is C13H11BrClFN2. The minimum atomic E-state index is -0.332. The van der Waals surface area contributed by atoms with Crippen molar-refractivity contribution in [3.63, 3.8) is 0 Å². The molecule has 0 fully saturated rings. The van der Waals surface area contributed by atoms with Crippen molar-refractivity contribution in [2.24, 2.45) is 0 Å². The first-order valence-corrected chi connectivity index (χ1v) is 6.51. The first-order chi connectivity index (χ1) is 8.61. The van der Waals surface area contributed by atoms with Crippen molar-refractivity contribution >= 4 is 27.5 Å². The molecule has 0 amide bonds. The molecule has 0 saturated carbocycles. The molecule has 0 aliphatic heterocycles. The molecule has 1 atom stereocenters. The summed E-state index contributed by atoms with van der Waals surface area (Å²) in [6, 6.07) is 6.32. The molecule has 1 aromatic carbocycles. The third-order valence-corrected chi connectivity index (χ3v) is 3.29. The summed E-state index contributed by atoms with van der Waals surface area (Å²) in [5.41, 5.74) is 1.43. The van der Waals surface area contributed by atoms with Gasteiger partial charge in [-0.1, -0.05) is 17.7 Å². The van der Waals surface area contributed by atoms with Crippen LogP contribution in [0.15, 0.2) is 41.1 Å². The van der Waals surface area contributed by atoms with Gasteiger partial charge in [0.1, 0.15) is 5.82 Å². The maximum Gasteiger partial charge on any atom is 0.129 e. The topological polar surface area (TPSA) is 24.9 Å². The van der Waals surface area contributed by atoms with E-state index in [1.165, 1.54) is 6.07 Å². The number of halogens is 3. The van der Waals surface area contributed by atoms with Gasteiger partial charge < -0.3 is 5.32 Å². The lowest BCUT2D eigenvalue weighted by molar-refractivity contribution is 0.575. The van der Waals surface area contributed by atoms with E-state index in [0.717, 1.165) is 10.0 Å². The van der Waals surface area contributed by atoms with Crippen LogP contribution in [-0.2, 0) is 0 Å². The normalized spacial score (nSPS) is 12.4. The van der Waals surface area contributed by atoms with Crippen LogP contribution in [0, 0.1) is 5.82 Å². The molecule has 1 heterocycles. The minimum absolute atomic E-state index is 0.257. The predicted octanol–water partition coefficient (Wildman–Crippen LogP) is 3.95. The fraction of sp³-hybridized carbons (Fsp3) is 0.154. The summed E-state index contributed by atoms with van der Waals surface area (Å²) in [6.45, 7) is 0. The van der Waals surface area contributed by atoms with Gasteiger partial charge in [0, 0.05) is 27.5 Å². The Bertz CT molecular complexity index is 562. The third kappa shape index (κ3) is 2.88. The highest BCUT2D eigenvalue weighted by atomic mass is 79.9. The van der Waals surface area contributed by atoms with Gasteiger partial charge in [-0.2, -0.15) is 0 Å². The van der Waals surface area contributed by atoms with E-state index in [1.807, 2.05) is 6.07 Å². The van der Waals surface area contributed by atoms with E-state index in [9.17, 15) is 4.39 Å². The van der Waals surface area contributed by atoms with Gasteiger partial charge >= 0.3 is 0 Å². The van der Waals surface area contributed by atoms with Gasteiger partial charge in [0.05, 0.1) is 6.04 Å². The summed E-state index contributed by atoms with van der Waals surface area (Å²) in [4.78, 5) is 4.09. The molecule has 0 radical (unpaired) electrons. The fourth-order valence-electron chi connectivity index (χ4n) is 1.82. The van der Waals surface area contributed by atoms with Gasteiger partial charge in [-0.25, -0.2) is 4.39 Å². The molecule has 0 saturated heterocycles. The van der Waals surface area contributed by atoms with Crippen LogP contribution in [0.25, 0.3) is 0 Å². The average Bonchev–Trinajstić information content (AvgIpc) is 2.33. The molecule has 2 aromatic rings. The van der Waals surface area contributed by atoms with E-state index in [0.29, 0.717) is 10.6 Å². The molecule has 1 N–H and O–H groups in total. The van der Waals surface area contributed by atoms with E-state index < -0.39 is 0 Å². The van der Waals surface area contributed by atoms with Crippen LogP contribution >= 0.6 is 27.5 Å². The van der Waals surface area contributed by atoms with E-state index in [1.54, 1.807) is 31.6 Å². The van der Waals surface area contributed by atoms with Crippen LogP contribution < -0.4 is 5.32 Å². The van der Waals surface area contributed by atoms with Gasteiger partial charge in [0.15, 0.2) is 0 Å². The SMILES string of the molecule is CNC(c1cncc(Br)c1)c1ccc(Cl)cc1F. The van der Waals surface area contributed by atoms with Crippen molar-refractivity contribution in [3.8, 4) is 0 Å². The van der Waals surface area contributed by atoms with E-state index in [-0.39, 0.29) is 11.9 Å². The highest BCUT2D eigenvalue weighted by Crippen LogP contribution is 2.27. The molecule has 94 valence electrons. The summed E-state index contributed by atoms with van der Waals surface area (Å²) >= 11 is 9.11. The molecule has 0 aliphatic rings. The van der Waals surface area contributed by atoms with Crippen molar-refractivity contribution < 1.29 is 4.39 Å². The second-order valence-electron chi connectivity index (χ2n) is 3.82. The molecule has 2 nitrogen and oxygen atoms in total. The van der Waals surface area contributed by atoms with E-state index in [4.69, 9.17) is 11.6 Å². The number of hydrogen-bond acceptors (Lipinski definition) is 2. The number of nitrogens with one attached hydrogen (secondary N) is 1. The Balaban J connectivity index is 2.45. The lowest BCUT2D eigenvalue weighted by atomic mass is 10.00. The largest absolute Gasteiger partial charge is 0.309 e. The number of pyridine rings is 1. The highest BCUT2D eigenvalue weighted by Gasteiger charge is 2.16. The van der Waals surface area contributed by atoms with Crippen LogP contribution in [0.2, 0.25) is 5.02 Å². The summed E-state index contributed by atoms with van der Waals surface area (Å²) in [5.74, 6) is -0.332. The van der Waals surface area contributed by atoms with Gasteiger partial charge in [-0.15, -0.1) is 0 Å². The van der Waals surface area contributed by atoms with Crippen molar-refractivity contribution in [1.82, 2.24) is 10.3 Å². The van der Waals surface area contributed by atoms with Gasteiger partial charge in [0.25, 0.3) is 0 Å². The second-order valence-corrected chi connectivity index (χ2v) is 5.18. The van der Waals surface area contributed by atoms with Crippen LogP contribution in [0.5, 0.6) is 0 Å². The third-order valence-electron chi connectivity index (χ3n) is 2.62. The molecule has 5 heteroatoms. The number of benzene rings is 1. The Kier molecular flexibility index (Phi) is 4.32. The Labute approximate surface area is 118 Å². The zero-order valence-corrected chi connectivity index (χ0v) is 12.0. The molecule has 0 aliphatic carbocycles. The van der Waals surface area contributed by atoms with Crippen molar-refractivity contribution in [3.05, 3.63) is 63.1 Å². The zero-order chi connectivity index (χ0) is 13.1. The molecule has 1 unspecified atom stereocenters. The summed E-state index contributed by atoms with van der Waals surface area (Å²) in [5, 5.41) is 3.47. The van der Waals surface area contributed by atoms with E-state index >= 15 is 0 Å². The Morgan fingerprint density at radius 1 is 1.33 bits per heavy atom. The molecule has 0 bridgehead atoms. The molecule has 1 aromatic heterocycles. The Morgan fingerprint density at radius 2 is 2.11 bits per heavy atom. The first-order valence-electron chi connectivity index (χ1n) is 5.34. The lowest BCUT2D eigenvalue weighted by Crippen LogP contribution is -2.19. The maximum atomic E-state index is 13.9. The van der Waals surface area contributed by atoms with Crippen molar-refractivity contribution in [2.45, 2.75) is 6.04 Å². The van der Waals surface area contributed by atoms with Crippen LogP contribution in [0.3, 0.4) is 0 Å². The van der Waals surface area contributed by atoms with Crippen LogP contribution in [-0.4, -0.2) is 12.0 Å². The van der Waals surface area contributed by atoms with Crippen molar-refractivity contribution in [2.75, 3.05) is 7.05 Å². The monoisotopic (exact) mass is 328 g/mol. The van der Waals surface area contributed by atoms with Crippen LogP contribution in [0.4, 0.5) is 4.39 Å². The predicted molar refractivity (Wildman–Crippen MR) is 74.2 cm³/mol. The van der Waals surface area contributed by atoms with Gasteiger partial charge in [0.2, 0.25) is 0 Å². The zero-order valence-electron chi connectivity index (χ0n) is 9.62. The molecule has 2 rings (SSSR count). The number of hydrogen-bond donors (Lipinski definition) is 1. The van der Waals surface area contributed by atoms with E-state index in [2.05, 4.69) is 26.2 Å². The quantitative estimate of drug-likeness (QED) is 0.922. The highest BCUT2D eigenvalue weighted by molar-refractivity contribution is 9.10. The molecule has 18 heavy (non-hydrogen) atoms. The van der Waals surface area contributed by atoms with Gasteiger partial charge in [-0.3, -0.25) is 4.98 Å². The number of rotatable bonds is 3. The standard InChI is InChI=1S/C13H11BrClFN2/c1-17-13(8-4-9(14)7-18-6-8)11-3-2-10(15)5-12(11)16/h2-7,13,17H,1H3.